The van der Waals surface area contributed by atoms with Gasteiger partial charge in [0.1, 0.15) is 11.3 Å². The molecule has 0 atom stereocenters. The van der Waals surface area contributed by atoms with Crippen molar-refractivity contribution in [2.45, 2.75) is 26.8 Å². The van der Waals surface area contributed by atoms with E-state index in [0.29, 0.717) is 27.4 Å². The third-order valence-corrected chi connectivity index (χ3v) is 5.30. The van der Waals surface area contributed by atoms with Crippen molar-refractivity contribution < 1.29 is 19.4 Å². The number of rotatable bonds is 6. The minimum atomic E-state index is -1.16. The molecule has 0 aliphatic heterocycles. The lowest BCUT2D eigenvalue weighted by atomic mass is 10.0. The number of esters is 1. The van der Waals surface area contributed by atoms with E-state index in [1.807, 2.05) is 19.1 Å². The Morgan fingerprint density at radius 2 is 1.86 bits per heavy atom. The van der Waals surface area contributed by atoms with Crippen molar-refractivity contribution in [1.29, 1.82) is 0 Å². The molecule has 1 heterocycles. The summed E-state index contributed by atoms with van der Waals surface area (Å²) >= 11 is 12.1. The quantitative estimate of drug-likeness (QED) is 0.540. The predicted octanol–water partition coefficient (Wildman–Crippen LogP) is 5.43. The highest BCUT2D eigenvalue weighted by Crippen LogP contribution is 2.32. The van der Waals surface area contributed by atoms with Crippen molar-refractivity contribution in [1.82, 2.24) is 4.57 Å². The third kappa shape index (κ3) is 3.60. The summed E-state index contributed by atoms with van der Waals surface area (Å²) < 4.78 is 6.85. The third-order valence-electron chi connectivity index (χ3n) is 4.56. The van der Waals surface area contributed by atoms with Crippen molar-refractivity contribution in [3.05, 3.63) is 68.8 Å². The fourth-order valence-corrected chi connectivity index (χ4v) is 3.69. The molecule has 28 heavy (non-hydrogen) atoms. The molecule has 0 fully saturated rings. The van der Waals surface area contributed by atoms with Gasteiger partial charge in [-0.3, -0.25) is 0 Å². The molecule has 1 N–H and O–H groups in total. The summed E-state index contributed by atoms with van der Waals surface area (Å²) in [5, 5.41) is 11.3. The molecule has 0 saturated heterocycles. The first-order valence-electron chi connectivity index (χ1n) is 8.87. The fourth-order valence-electron chi connectivity index (χ4n) is 3.37. The molecule has 5 nitrogen and oxygen atoms in total. The zero-order valence-corrected chi connectivity index (χ0v) is 17.0. The van der Waals surface area contributed by atoms with Crippen LogP contribution in [-0.2, 0) is 17.7 Å². The minimum Gasteiger partial charge on any atom is -0.478 e. The second-order valence-corrected chi connectivity index (χ2v) is 7.06. The number of carbonyl (C=O) groups excluding carboxylic acids is 1. The standard InChI is InChI=1S/C21H19Cl2NO4/c1-3-13-6-5-7-16-17(13)18(20(25)26)19(21(27)28-4-2)24(16)11-12-8-9-14(22)15(23)10-12/h5-10H,3-4,11H2,1-2H3,(H,25,26). The molecule has 0 aliphatic carbocycles. The number of hydrogen-bond donors (Lipinski definition) is 1. The maximum atomic E-state index is 12.7. The molecule has 0 aliphatic rings. The number of halogens is 2. The monoisotopic (exact) mass is 419 g/mol. The van der Waals surface area contributed by atoms with Gasteiger partial charge in [-0.05, 0) is 42.7 Å². The molecular weight excluding hydrogens is 401 g/mol. The lowest BCUT2D eigenvalue weighted by molar-refractivity contribution is 0.0503. The van der Waals surface area contributed by atoms with Gasteiger partial charge >= 0.3 is 11.9 Å². The van der Waals surface area contributed by atoms with E-state index in [4.69, 9.17) is 27.9 Å². The van der Waals surface area contributed by atoms with Gasteiger partial charge in [0, 0.05) is 11.9 Å². The largest absolute Gasteiger partial charge is 0.478 e. The molecule has 7 heteroatoms. The van der Waals surface area contributed by atoms with E-state index in [2.05, 4.69) is 0 Å². The van der Waals surface area contributed by atoms with E-state index in [1.54, 1.807) is 35.8 Å². The average Bonchev–Trinajstić information content (AvgIpc) is 2.99. The van der Waals surface area contributed by atoms with Gasteiger partial charge in [0.05, 0.1) is 22.2 Å². The summed E-state index contributed by atoms with van der Waals surface area (Å²) in [6.07, 6.45) is 0.636. The summed E-state index contributed by atoms with van der Waals surface area (Å²) in [5.74, 6) is -1.83. The Morgan fingerprint density at radius 3 is 2.46 bits per heavy atom. The number of nitrogens with zero attached hydrogens (tertiary/aromatic N) is 1. The Hall–Kier alpha value is -2.50. The second-order valence-electron chi connectivity index (χ2n) is 6.25. The predicted molar refractivity (Wildman–Crippen MR) is 110 cm³/mol. The molecule has 3 rings (SSSR count). The van der Waals surface area contributed by atoms with Crippen LogP contribution in [0.4, 0.5) is 0 Å². The Morgan fingerprint density at radius 1 is 1.11 bits per heavy atom. The van der Waals surface area contributed by atoms with Crippen LogP contribution in [0.1, 0.15) is 45.8 Å². The summed E-state index contributed by atoms with van der Waals surface area (Å²) in [5.41, 5.74) is 2.29. The van der Waals surface area contributed by atoms with Crippen molar-refractivity contribution in [3.63, 3.8) is 0 Å². The molecular formula is C21H19Cl2NO4. The molecule has 0 unspecified atom stereocenters. The summed E-state index contributed by atoms with van der Waals surface area (Å²) in [6, 6.07) is 10.7. The van der Waals surface area contributed by atoms with E-state index >= 15 is 0 Å². The highest BCUT2D eigenvalue weighted by atomic mass is 35.5. The number of fused-ring (bicyclic) bond motifs is 1. The van der Waals surface area contributed by atoms with E-state index < -0.39 is 11.9 Å². The minimum absolute atomic E-state index is 0.0244. The molecule has 1 aromatic heterocycles. The lowest BCUT2D eigenvalue weighted by Gasteiger charge is -2.12. The van der Waals surface area contributed by atoms with Crippen molar-refractivity contribution in [2.24, 2.45) is 0 Å². The van der Waals surface area contributed by atoms with E-state index in [1.165, 1.54) is 0 Å². The second kappa shape index (κ2) is 8.25. The number of aryl methyl sites for hydroxylation is 1. The lowest BCUT2D eigenvalue weighted by Crippen LogP contribution is -2.16. The Balaban J connectivity index is 2.32. The van der Waals surface area contributed by atoms with Crippen molar-refractivity contribution in [3.8, 4) is 0 Å². The number of aromatic carboxylic acids is 1. The van der Waals surface area contributed by atoms with E-state index in [0.717, 1.165) is 11.1 Å². The van der Waals surface area contributed by atoms with Gasteiger partial charge in [0.2, 0.25) is 0 Å². The SMILES string of the molecule is CCOC(=O)c1c(C(=O)O)c2c(CC)cccc2n1Cc1ccc(Cl)c(Cl)c1. The zero-order chi connectivity index (χ0) is 20.4. The van der Waals surface area contributed by atoms with Crippen LogP contribution in [0, 0.1) is 0 Å². The summed E-state index contributed by atoms with van der Waals surface area (Å²) in [6.45, 7) is 4.03. The van der Waals surface area contributed by atoms with Crippen LogP contribution in [0.25, 0.3) is 10.9 Å². The fraction of sp³-hybridized carbons (Fsp3) is 0.238. The zero-order valence-electron chi connectivity index (χ0n) is 15.5. The molecule has 0 bridgehead atoms. The van der Waals surface area contributed by atoms with Gasteiger partial charge in [-0.2, -0.15) is 0 Å². The van der Waals surface area contributed by atoms with E-state index in [9.17, 15) is 14.7 Å². The number of hydrogen-bond acceptors (Lipinski definition) is 3. The first-order chi connectivity index (χ1) is 13.4. The summed E-state index contributed by atoms with van der Waals surface area (Å²) in [4.78, 5) is 24.8. The molecule has 3 aromatic rings. The van der Waals surface area contributed by atoms with Crippen LogP contribution in [0.5, 0.6) is 0 Å². The molecule has 146 valence electrons. The van der Waals surface area contributed by atoms with Gasteiger partial charge in [0.15, 0.2) is 0 Å². The van der Waals surface area contributed by atoms with Crippen molar-refractivity contribution in [2.75, 3.05) is 6.61 Å². The number of carboxylic acids is 1. The topological polar surface area (TPSA) is 68.5 Å². The van der Waals surface area contributed by atoms with Crippen LogP contribution in [0.2, 0.25) is 10.0 Å². The van der Waals surface area contributed by atoms with Crippen LogP contribution in [0.3, 0.4) is 0 Å². The highest BCUT2D eigenvalue weighted by Gasteiger charge is 2.29. The molecule has 0 radical (unpaired) electrons. The molecule has 0 spiro atoms. The number of carbonyl (C=O) groups is 2. The molecule has 0 saturated carbocycles. The van der Waals surface area contributed by atoms with Gasteiger partial charge < -0.3 is 14.4 Å². The first-order valence-corrected chi connectivity index (χ1v) is 9.63. The first kappa shape index (κ1) is 20.2. The maximum absolute atomic E-state index is 12.7. The molecule has 2 aromatic carbocycles. The number of ether oxygens (including phenoxy) is 1. The van der Waals surface area contributed by atoms with Gasteiger partial charge in [-0.1, -0.05) is 48.3 Å². The number of aromatic nitrogens is 1. The smallest absolute Gasteiger partial charge is 0.355 e. The van der Waals surface area contributed by atoms with Crippen LogP contribution >= 0.6 is 23.2 Å². The van der Waals surface area contributed by atoms with Gasteiger partial charge in [-0.15, -0.1) is 0 Å². The van der Waals surface area contributed by atoms with Crippen LogP contribution in [0.15, 0.2) is 36.4 Å². The average molecular weight is 420 g/mol. The Bertz CT molecular complexity index is 1070. The van der Waals surface area contributed by atoms with Gasteiger partial charge in [-0.25, -0.2) is 9.59 Å². The van der Waals surface area contributed by atoms with E-state index in [-0.39, 0.29) is 24.4 Å². The number of benzene rings is 2. The Labute approximate surface area is 172 Å². The Kier molecular flexibility index (Phi) is 5.96. The van der Waals surface area contributed by atoms with Gasteiger partial charge in [0.25, 0.3) is 0 Å². The summed E-state index contributed by atoms with van der Waals surface area (Å²) in [7, 11) is 0. The number of carboxylic acid groups (broad SMARTS) is 1. The maximum Gasteiger partial charge on any atom is 0.355 e. The normalized spacial score (nSPS) is 11.0. The molecule has 0 amide bonds. The van der Waals surface area contributed by atoms with Crippen molar-refractivity contribution >= 4 is 46.0 Å². The van der Waals surface area contributed by atoms with Crippen LogP contribution < -0.4 is 0 Å². The van der Waals surface area contributed by atoms with Crippen LogP contribution in [-0.4, -0.2) is 28.2 Å². The highest BCUT2D eigenvalue weighted by molar-refractivity contribution is 6.42.